The second kappa shape index (κ2) is 14.7. The van der Waals surface area contributed by atoms with Gasteiger partial charge in [0.05, 0.1) is 0 Å². The molecule has 0 unspecified atom stereocenters. The molecule has 0 N–H and O–H groups in total. The van der Waals surface area contributed by atoms with E-state index in [0.717, 1.165) is 24.8 Å². The van der Waals surface area contributed by atoms with E-state index in [9.17, 15) is 0 Å². The van der Waals surface area contributed by atoms with Crippen LogP contribution in [0, 0.1) is 11.8 Å². The maximum Gasteiger partial charge on any atom is 0.0346 e. The molecule has 0 bridgehead atoms. The minimum atomic E-state index is 0.752. The van der Waals surface area contributed by atoms with Gasteiger partial charge in [0.2, 0.25) is 0 Å². The molecule has 0 heteroatoms. The molecule has 1 aliphatic carbocycles. The van der Waals surface area contributed by atoms with Crippen LogP contribution in [0.1, 0.15) is 60.8 Å². The Morgan fingerprint density at radius 2 is 1.76 bits per heavy atom. The molecule has 1 rings (SSSR count). The van der Waals surface area contributed by atoms with Crippen molar-refractivity contribution in [1.29, 1.82) is 0 Å². The van der Waals surface area contributed by atoms with Gasteiger partial charge in [0.15, 0.2) is 0 Å². The molecule has 0 aromatic heterocycles. The first-order valence-electron chi connectivity index (χ1n) is 7.94. The average molecular weight is 284 g/mol. The molecule has 0 aliphatic heterocycles. The Kier molecular flexibility index (Phi) is 15.1. The summed E-state index contributed by atoms with van der Waals surface area (Å²) in [6.45, 7) is 19.9. The van der Waals surface area contributed by atoms with Crippen LogP contribution in [0.2, 0.25) is 0 Å². The van der Waals surface area contributed by atoms with Crippen LogP contribution in [0.4, 0.5) is 0 Å². The van der Waals surface area contributed by atoms with Crippen molar-refractivity contribution >= 4 is 0 Å². The van der Waals surface area contributed by atoms with E-state index in [1.165, 1.54) is 16.7 Å². The molecule has 0 saturated heterocycles. The lowest BCUT2D eigenvalue weighted by Crippen LogP contribution is -1.93. The molecule has 1 aliphatic rings. The summed E-state index contributed by atoms with van der Waals surface area (Å²) < 4.78 is 0. The van der Waals surface area contributed by atoms with Crippen LogP contribution in [-0.4, -0.2) is 0 Å². The van der Waals surface area contributed by atoms with Crippen molar-refractivity contribution in [3.05, 3.63) is 59.8 Å². The van der Waals surface area contributed by atoms with Gasteiger partial charge < -0.3 is 0 Å². The van der Waals surface area contributed by atoms with Crippen LogP contribution in [0.3, 0.4) is 0 Å². The van der Waals surface area contributed by atoms with E-state index in [0.29, 0.717) is 0 Å². The van der Waals surface area contributed by atoms with E-state index in [4.69, 9.17) is 0 Å². The van der Waals surface area contributed by atoms with Crippen LogP contribution in [-0.2, 0) is 0 Å². The third-order valence-corrected chi connectivity index (χ3v) is 2.94. The first-order chi connectivity index (χ1) is 10.2. The summed E-state index contributed by atoms with van der Waals surface area (Å²) in [4.78, 5) is 0. The number of allylic oxidation sites excluding steroid dienone is 8. The molecular weight excluding hydrogens is 252 g/mol. The summed E-state index contributed by atoms with van der Waals surface area (Å²) in [6.07, 6.45) is 11.3. The SMILES string of the molecule is C=CC(=C)/C(=C\C1=C(C)CC=CC1)CC#CC.CC.CC. The van der Waals surface area contributed by atoms with Crippen molar-refractivity contribution in [2.75, 3.05) is 0 Å². The zero-order valence-corrected chi connectivity index (χ0v) is 14.8. The quantitative estimate of drug-likeness (QED) is 0.303. The maximum atomic E-state index is 4.02. The van der Waals surface area contributed by atoms with E-state index >= 15 is 0 Å². The van der Waals surface area contributed by atoms with Gasteiger partial charge in [-0.15, -0.1) is 5.92 Å². The predicted molar refractivity (Wildman–Crippen MR) is 99.3 cm³/mol. The first kappa shape index (κ1) is 21.6. The molecule has 116 valence electrons. The molecule has 0 aromatic rings. The summed E-state index contributed by atoms with van der Waals surface area (Å²) in [5, 5.41) is 0. The zero-order valence-electron chi connectivity index (χ0n) is 14.8. The summed E-state index contributed by atoms with van der Waals surface area (Å²) >= 11 is 0. The molecular formula is C21H32. The van der Waals surface area contributed by atoms with E-state index in [1.54, 1.807) is 6.08 Å². The fraction of sp³-hybridized carbons (Fsp3) is 0.429. The summed E-state index contributed by atoms with van der Waals surface area (Å²) in [7, 11) is 0. The highest BCUT2D eigenvalue weighted by atomic mass is 14.1. The third-order valence-electron chi connectivity index (χ3n) is 2.94. The standard InChI is InChI=1S/C17H20.2C2H6/c1-5-7-11-16(14(3)6-2)13-17-12-9-8-10-15(17)4;2*1-2/h6,8-9,13H,2-3,10-12H2,1,4H3;2*1-2H3/b16-13-;;. The van der Waals surface area contributed by atoms with Gasteiger partial charge in [-0.3, -0.25) is 0 Å². The second-order valence-corrected chi connectivity index (χ2v) is 4.19. The first-order valence-corrected chi connectivity index (χ1v) is 7.94. The highest BCUT2D eigenvalue weighted by molar-refractivity contribution is 5.45. The van der Waals surface area contributed by atoms with Gasteiger partial charge in [0.1, 0.15) is 0 Å². The van der Waals surface area contributed by atoms with Crippen LogP contribution in [0.25, 0.3) is 0 Å². The normalized spacial score (nSPS) is 13.0. The average Bonchev–Trinajstić information content (AvgIpc) is 2.56. The van der Waals surface area contributed by atoms with Gasteiger partial charge in [0, 0.05) is 6.42 Å². The van der Waals surface area contributed by atoms with Gasteiger partial charge in [-0.1, -0.05) is 76.7 Å². The van der Waals surface area contributed by atoms with Gasteiger partial charge in [-0.2, -0.15) is 0 Å². The van der Waals surface area contributed by atoms with E-state index in [2.05, 4.69) is 50.2 Å². The van der Waals surface area contributed by atoms with Crippen molar-refractivity contribution in [1.82, 2.24) is 0 Å². The fourth-order valence-corrected chi connectivity index (χ4v) is 1.74. The largest absolute Gasteiger partial charge is 0.106 e. The Labute approximate surface area is 133 Å². The Morgan fingerprint density at radius 3 is 2.24 bits per heavy atom. The van der Waals surface area contributed by atoms with Crippen LogP contribution < -0.4 is 0 Å². The van der Waals surface area contributed by atoms with Crippen molar-refractivity contribution in [2.45, 2.75) is 60.8 Å². The number of hydrogen-bond acceptors (Lipinski definition) is 0. The maximum absolute atomic E-state index is 4.02. The Bertz CT molecular complexity index is 456. The molecule has 0 nitrogen and oxygen atoms in total. The topological polar surface area (TPSA) is 0 Å². The van der Waals surface area contributed by atoms with Crippen molar-refractivity contribution < 1.29 is 0 Å². The highest BCUT2D eigenvalue weighted by Gasteiger charge is 2.05. The lowest BCUT2D eigenvalue weighted by molar-refractivity contribution is 1.06. The molecule has 0 fully saturated rings. The minimum Gasteiger partial charge on any atom is -0.106 e. The minimum absolute atomic E-state index is 0.752. The van der Waals surface area contributed by atoms with Crippen LogP contribution >= 0.6 is 0 Å². The number of rotatable bonds is 4. The molecule has 0 amide bonds. The van der Waals surface area contributed by atoms with Crippen molar-refractivity contribution in [3.8, 4) is 11.8 Å². The molecule has 21 heavy (non-hydrogen) atoms. The summed E-state index contributed by atoms with van der Waals surface area (Å²) in [5.41, 5.74) is 4.98. The molecule has 0 spiro atoms. The van der Waals surface area contributed by atoms with E-state index in [1.807, 2.05) is 34.6 Å². The fourth-order valence-electron chi connectivity index (χ4n) is 1.74. The third kappa shape index (κ3) is 8.92. The van der Waals surface area contributed by atoms with Gasteiger partial charge in [-0.05, 0) is 43.4 Å². The van der Waals surface area contributed by atoms with Gasteiger partial charge in [0.25, 0.3) is 0 Å². The molecule has 0 atom stereocenters. The Hall–Kier alpha value is -1.74. The molecule has 0 saturated carbocycles. The summed E-state index contributed by atoms with van der Waals surface area (Å²) in [6, 6.07) is 0. The predicted octanol–water partition coefficient (Wildman–Crippen LogP) is 6.79. The van der Waals surface area contributed by atoms with E-state index in [-0.39, 0.29) is 0 Å². The van der Waals surface area contributed by atoms with E-state index < -0.39 is 0 Å². The van der Waals surface area contributed by atoms with Crippen molar-refractivity contribution in [3.63, 3.8) is 0 Å². The van der Waals surface area contributed by atoms with Crippen molar-refractivity contribution in [2.24, 2.45) is 0 Å². The zero-order chi connectivity index (χ0) is 16.7. The highest BCUT2D eigenvalue weighted by Crippen LogP contribution is 2.24. The van der Waals surface area contributed by atoms with Gasteiger partial charge >= 0.3 is 0 Å². The van der Waals surface area contributed by atoms with Crippen LogP contribution in [0.15, 0.2) is 59.8 Å². The molecule has 0 aromatic carbocycles. The monoisotopic (exact) mass is 284 g/mol. The van der Waals surface area contributed by atoms with Crippen LogP contribution in [0.5, 0.6) is 0 Å². The van der Waals surface area contributed by atoms with Gasteiger partial charge in [-0.25, -0.2) is 0 Å². The Morgan fingerprint density at radius 1 is 1.19 bits per heavy atom. The number of hydrogen-bond donors (Lipinski definition) is 0. The smallest absolute Gasteiger partial charge is 0.0346 e. The lowest BCUT2D eigenvalue weighted by atomic mass is 9.93. The summed E-state index contributed by atoms with van der Waals surface area (Å²) in [5.74, 6) is 6.03. The molecule has 0 heterocycles. The molecule has 0 radical (unpaired) electrons. The Balaban J connectivity index is 0. The lowest BCUT2D eigenvalue weighted by Gasteiger charge is -2.12. The second-order valence-electron chi connectivity index (χ2n) is 4.19.